The zero-order valence-electron chi connectivity index (χ0n) is 9.15. The van der Waals surface area contributed by atoms with Crippen molar-refractivity contribution < 1.29 is 16.8 Å². The monoisotopic (exact) mass is 255 g/mol. The van der Waals surface area contributed by atoms with Crippen molar-refractivity contribution in [3.63, 3.8) is 0 Å². The maximum Gasteiger partial charge on any atom is 0.215 e. The fourth-order valence-electron chi connectivity index (χ4n) is 1.52. The molecule has 1 N–H and O–H groups in total. The molecule has 1 heterocycles. The summed E-state index contributed by atoms with van der Waals surface area (Å²) < 4.78 is 48.3. The Balaban J connectivity index is 2.82. The van der Waals surface area contributed by atoms with E-state index in [0.717, 1.165) is 0 Å². The normalized spacial score (nSPS) is 26.7. The smallest absolute Gasteiger partial charge is 0.215 e. The van der Waals surface area contributed by atoms with Crippen molar-refractivity contribution in [2.24, 2.45) is 0 Å². The molecule has 0 aromatic carbocycles. The van der Waals surface area contributed by atoms with Crippen LogP contribution >= 0.6 is 0 Å². The molecule has 0 aromatic rings. The van der Waals surface area contributed by atoms with E-state index in [2.05, 4.69) is 4.72 Å². The van der Waals surface area contributed by atoms with Crippen molar-refractivity contribution >= 4 is 19.9 Å². The molecule has 0 radical (unpaired) electrons. The first-order valence-electron chi connectivity index (χ1n) is 4.75. The maximum atomic E-state index is 11.8. The van der Waals surface area contributed by atoms with Crippen molar-refractivity contribution in [2.75, 3.05) is 11.5 Å². The van der Waals surface area contributed by atoms with Gasteiger partial charge in [0.2, 0.25) is 10.0 Å². The Hall–Kier alpha value is -0.140. The molecule has 0 bridgehead atoms. The van der Waals surface area contributed by atoms with Gasteiger partial charge < -0.3 is 0 Å². The van der Waals surface area contributed by atoms with Crippen LogP contribution in [0.4, 0.5) is 0 Å². The molecule has 0 spiro atoms. The van der Waals surface area contributed by atoms with Crippen LogP contribution in [0, 0.1) is 0 Å². The largest absolute Gasteiger partial charge is 0.229 e. The van der Waals surface area contributed by atoms with E-state index in [1.54, 1.807) is 20.8 Å². The Kier molecular flexibility index (Phi) is 3.20. The number of rotatable bonds is 2. The summed E-state index contributed by atoms with van der Waals surface area (Å²) >= 11 is 0. The fourth-order valence-corrected chi connectivity index (χ4v) is 6.00. The number of nitrogens with one attached hydrogen (secondary N) is 1. The van der Waals surface area contributed by atoms with E-state index < -0.39 is 30.6 Å². The topological polar surface area (TPSA) is 80.3 Å². The Bertz CT molecular complexity index is 430. The lowest BCUT2D eigenvalue weighted by Gasteiger charge is -2.22. The summed E-state index contributed by atoms with van der Waals surface area (Å²) in [6.07, 6.45) is 0.202. The van der Waals surface area contributed by atoms with Gasteiger partial charge in [0.05, 0.1) is 16.8 Å². The second kappa shape index (κ2) is 3.71. The van der Waals surface area contributed by atoms with Crippen LogP contribution in [-0.4, -0.2) is 39.1 Å². The van der Waals surface area contributed by atoms with Crippen molar-refractivity contribution in [3.05, 3.63) is 0 Å². The molecule has 0 aromatic heterocycles. The van der Waals surface area contributed by atoms with Gasteiger partial charge in [-0.15, -0.1) is 0 Å². The van der Waals surface area contributed by atoms with E-state index in [-0.39, 0.29) is 17.9 Å². The highest BCUT2D eigenvalue weighted by Gasteiger charge is 2.38. The van der Waals surface area contributed by atoms with E-state index >= 15 is 0 Å². The molecule has 0 aliphatic carbocycles. The van der Waals surface area contributed by atoms with Gasteiger partial charge in [-0.3, -0.25) is 0 Å². The van der Waals surface area contributed by atoms with E-state index in [1.807, 2.05) is 0 Å². The molecule has 7 heteroatoms. The number of sulfonamides is 1. The predicted molar refractivity (Wildman–Crippen MR) is 58.9 cm³/mol. The second-order valence-electron chi connectivity index (χ2n) is 4.92. The molecule has 5 nitrogen and oxygen atoms in total. The van der Waals surface area contributed by atoms with Crippen LogP contribution in [0.2, 0.25) is 0 Å². The zero-order chi connectivity index (χ0) is 11.9. The molecule has 0 saturated carbocycles. The van der Waals surface area contributed by atoms with Gasteiger partial charge in [-0.25, -0.2) is 21.6 Å². The van der Waals surface area contributed by atoms with Gasteiger partial charge in [-0.05, 0) is 27.2 Å². The molecule has 1 aliphatic heterocycles. The molecule has 1 rings (SSSR count). The van der Waals surface area contributed by atoms with E-state index in [0.29, 0.717) is 0 Å². The van der Waals surface area contributed by atoms with Gasteiger partial charge in [0.1, 0.15) is 0 Å². The molecule has 1 aliphatic rings. The van der Waals surface area contributed by atoms with E-state index in [9.17, 15) is 16.8 Å². The summed E-state index contributed by atoms with van der Waals surface area (Å²) in [7, 11) is -6.67. The minimum absolute atomic E-state index is 0.0251. The molecule has 1 saturated heterocycles. The highest BCUT2D eigenvalue weighted by Crippen LogP contribution is 2.19. The summed E-state index contributed by atoms with van der Waals surface area (Å²) in [4.78, 5) is 0. The summed E-state index contributed by atoms with van der Waals surface area (Å²) in [6.45, 7) is 5.19. The van der Waals surface area contributed by atoms with E-state index in [4.69, 9.17) is 0 Å². The molecule has 0 amide bonds. The average molecular weight is 255 g/mol. The predicted octanol–water partition coefficient (Wildman–Crippen LogP) is -0.109. The van der Waals surface area contributed by atoms with E-state index in [1.165, 1.54) is 0 Å². The first-order valence-corrected chi connectivity index (χ1v) is 8.12. The third kappa shape index (κ3) is 3.73. The van der Waals surface area contributed by atoms with Gasteiger partial charge in [0.25, 0.3) is 0 Å². The molecular formula is C8H17NO4S2. The standard InChI is InChI=1S/C8H17NO4S2/c1-8(2,3)9-15(12,13)7-4-5-14(10,11)6-7/h7,9H,4-6H2,1-3H3/t7-/m1/s1. The van der Waals surface area contributed by atoms with Crippen molar-refractivity contribution in [3.8, 4) is 0 Å². The molecule has 15 heavy (non-hydrogen) atoms. The molecular weight excluding hydrogens is 238 g/mol. The minimum atomic E-state index is -3.52. The fraction of sp³-hybridized carbons (Fsp3) is 1.00. The van der Waals surface area contributed by atoms with Crippen LogP contribution in [0.25, 0.3) is 0 Å². The van der Waals surface area contributed by atoms with Crippen LogP contribution in [0.15, 0.2) is 0 Å². The lowest BCUT2D eigenvalue weighted by molar-refractivity contribution is 0.485. The average Bonchev–Trinajstić information content (AvgIpc) is 2.25. The quantitative estimate of drug-likeness (QED) is 0.746. The third-order valence-corrected chi connectivity index (χ3v) is 6.23. The molecule has 1 atom stereocenters. The van der Waals surface area contributed by atoms with Crippen molar-refractivity contribution in [1.82, 2.24) is 4.72 Å². The zero-order valence-corrected chi connectivity index (χ0v) is 10.8. The summed E-state index contributed by atoms with van der Waals surface area (Å²) in [5, 5.41) is -0.790. The molecule has 0 unspecified atom stereocenters. The summed E-state index contributed by atoms with van der Waals surface area (Å²) in [6, 6.07) is 0. The van der Waals surface area contributed by atoms with Gasteiger partial charge in [-0.1, -0.05) is 0 Å². The number of hydrogen-bond acceptors (Lipinski definition) is 4. The highest BCUT2D eigenvalue weighted by atomic mass is 32.2. The SMILES string of the molecule is CC(C)(C)NS(=O)(=O)[C@@H]1CCS(=O)(=O)C1. The van der Waals surface area contributed by atoms with Crippen LogP contribution in [0.3, 0.4) is 0 Å². The van der Waals surface area contributed by atoms with Crippen LogP contribution in [0.1, 0.15) is 27.2 Å². The van der Waals surface area contributed by atoms with Crippen LogP contribution in [-0.2, 0) is 19.9 Å². The first-order chi connectivity index (χ1) is 6.52. The highest BCUT2D eigenvalue weighted by molar-refractivity contribution is 7.95. The molecule has 90 valence electrons. The maximum absolute atomic E-state index is 11.8. The van der Waals surface area contributed by atoms with Crippen molar-refractivity contribution in [1.29, 1.82) is 0 Å². The Morgan fingerprint density at radius 2 is 1.80 bits per heavy atom. The second-order valence-corrected chi connectivity index (χ2v) is 9.11. The summed E-state index contributed by atoms with van der Waals surface area (Å²) in [5.74, 6) is -0.277. The lowest BCUT2D eigenvalue weighted by atomic mass is 10.1. The number of sulfone groups is 1. The Morgan fingerprint density at radius 3 is 2.13 bits per heavy atom. The first kappa shape index (κ1) is 12.9. The summed E-state index contributed by atoms with van der Waals surface area (Å²) in [5.41, 5.74) is -0.564. The third-order valence-electron chi connectivity index (χ3n) is 2.08. The van der Waals surface area contributed by atoms with Gasteiger partial charge in [0, 0.05) is 5.54 Å². The molecule has 1 fully saturated rings. The van der Waals surface area contributed by atoms with Crippen molar-refractivity contribution in [2.45, 2.75) is 38.0 Å². The van der Waals surface area contributed by atoms with Crippen LogP contribution in [0.5, 0.6) is 0 Å². The van der Waals surface area contributed by atoms with Crippen LogP contribution < -0.4 is 4.72 Å². The van der Waals surface area contributed by atoms with Gasteiger partial charge in [-0.2, -0.15) is 0 Å². The lowest BCUT2D eigenvalue weighted by Crippen LogP contribution is -2.45. The van der Waals surface area contributed by atoms with Gasteiger partial charge >= 0.3 is 0 Å². The number of hydrogen-bond donors (Lipinski definition) is 1. The van der Waals surface area contributed by atoms with Gasteiger partial charge in [0.15, 0.2) is 9.84 Å². The Labute approximate surface area is 91.2 Å². The Morgan fingerprint density at radius 1 is 1.27 bits per heavy atom. The minimum Gasteiger partial charge on any atom is -0.229 e.